The molecule has 1 aromatic carbocycles. The van der Waals surface area contributed by atoms with Crippen LogP contribution in [0.4, 0.5) is 25.0 Å². The molecule has 1 aromatic rings. The van der Waals surface area contributed by atoms with Gasteiger partial charge in [-0.1, -0.05) is 6.92 Å². The molecule has 0 aromatic heterocycles. The number of anilines is 2. The van der Waals surface area contributed by atoms with E-state index in [-0.39, 0.29) is 53.7 Å². The zero-order chi connectivity index (χ0) is 23.8. The number of cyclic esters (lactones) is 1. The number of halogens is 2. The highest BCUT2D eigenvalue weighted by Crippen LogP contribution is 2.37. The van der Waals surface area contributed by atoms with Crippen molar-refractivity contribution in [2.45, 2.75) is 38.7 Å². The van der Waals surface area contributed by atoms with Gasteiger partial charge in [-0.3, -0.25) is 9.69 Å². The molecular formula is C22H29F2N3O5S. The van der Waals surface area contributed by atoms with Crippen molar-refractivity contribution in [3.05, 3.63) is 23.8 Å². The van der Waals surface area contributed by atoms with Crippen LogP contribution < -0.4 is 15.1 Å². The van der Waals surface area contributed by atoms with Gasteiger partial charge in [0.05, 0.1) is 30.3 Å². The second kappa shape index (κ2) is 9.44. The molecule has 0 bridgehead atoms. The van der Waals surface area contributed by atoms with Crippen molar-refractivity contribution in [1.82, 2.24) is 5.32 Å². The molecule has 3 aliphatic rings. The number of hydrogen-bond donors (Lipinski definition) is 1. The summed E-state index contributed by atoms with van der Waals surface area (Å²) < 4.78 is 58.0. The van der Waals surface area contributed by atoms with Crippen LogP contribution in [0.5, 0.6) is 0 Å². The summed E-state index contributed by atoms with van der Waals surface area (Å²) in [6.45, 7) is 2.99. The predicted octanol–water partition coefficient (Wildman–Crippen LogP) is 2.47. The molecular weight excluding hydrogens is 456 g/mol. The minimum atomic E-state index is -2.89. The van der Waals surface area contributed by atoms with Crippen molar-refractivity contribution in [2.75, 3.05) is 47.5 Å². The van der Waals surface area contributed by atoms with Crippen LogP contribution in [0.1, 0.15) is 32.6 Å². The lowest BCUT2D eigenvalue weighted by Gasteiger charge is -2.40. The first kappa shape index (κ1) is 23.7. The van der Waals surface area contributed by atoms with Gasteiger partial charge in [0.25, 0.3) is 0 Å². The van der Waals surface area contributed by atoms with E-state index in [0.29, 0.717) is 38.8 Å². The van der Waals surface area contributed by atoms with Crippen LogP contribution in [-0.4, -0.2) is 64.2 Å². The Morgan fingerprint density at radius 1 is 1.15 bits per heavy atom. The molecule has 4 rings (SSSR count). The number of ether oxygens (including phenoxy) is 1. The lowest BCUT2D eigenvalue weighted by molar-refractivity contribution is -0.121. The van der Waals surface area contributed by atoms with Gasteiger partial charge in [-0.15, -0.1) is 0 Å². The number of rotatable bonds is 7. The van der Waals surface area contributed by atoms with Crippen molar-refractivity contribution in [3.8, 4) is 0 Å². The average molecular weight is 486 g/mol. The van der Waals surface area contributed by atoms with Crippen LogP contribution in [0.3, 0.4) is 0 Å². The quantitative estimate of drug-likeness (QED) is 0.638. The summed E-state index contributed by atoms with van der Waals surface area (Å²) in [4.78, 5) is 26.7. The number of nitrogens with one attached hydrogen (secondary N) is 1. The predicted molar refractivity (Wildman–Crippen MR) is 119 cm³/mol. The molecule has 0 radical (unpaired) electrons. The minimum Gasteiger partial charge on any atom is -0.442 e. The lowest BCUT2D eigenvalue weighted by Crippen LogP contribution is -2.46. The van der Waals surface area contributed by atoms with Gasteiger partial charge in [-0.25, -0.2) is 22.0 Å². The van der Waals surface area contributed by atoms with Crippen molar-refractivity contribution in [1.29, 1.82) is 0 Å². The molecule has 0 aliphatic carbocycles. The summed E-state index contributed by atoms with van der Waals surface area (Å²) in [5.41, 5.74) is -0.0648. The van der Waals surface area contributed by atoms with Crippen molar-refractivity contribution >= 4 is 33.2 Å². The van der Waals surface area contributed by atoms with Gasteiger partial charge < -0.3 is 15.0 Å². The summed E-state index contributed by atoms with van der Waals surface area (Å²) >= 11 is 0. The number of carbonyl (C=O) groups excluding carboxylic acids is 2. The van der Waals surface area contributed by atoms with E-state index >= 15 is 0 Å². The molecule has 2 amide bonds. The van der Waals surface area contributed by atoms with Gasteiger partial charge in [0, 0.05) is 31.6 Å². The number of piperidine rings is 1. The number of nitrogens with zero attached hydrogens (tertiary/aromatic N) is 2. The summed E-state index contributed by atoms with van der Waals surface area (Å²) in [7, 11) is -2.89. The first-order chi connectivity index (χ1) is 15.7. The summed E-state index contributed by atoms with van der Waals surface area (Å²) in [6, 6.07) is 2.25. The molecule has 1 N–H and O–H groups in total. The molecule has 3 heterocycles. The van der Waals surface area contributed by atoms with Crippen LogP contribution in [0, 0.1) is 23.5 Å². The van der Waals surface area contributed by atoms with Gasteiger partial charge >= 0.3 is 6.09 Å². The van der Waals surface area contributed by atoms with E-state index in [4.69, 9.17) is 4.74 Å². The van der Waals surface area contributed by atoms with E-state index < -0.39 is 33.7 Å². The molecule has 0 spiro atoms. The molecule has 3 saturated heterocycles. The number of hydrogen-bond acceptors (Lipinski definition) is 6. The highest BCUT2D eigenvalue weighted by Gasteiger charge is 2.40. The number of carbonyl (C=O) groups is 2. The highest BCUT2D eigenvalue weighted by atomic mass is 32.2. The minimum absolute atomic E-state index is 0.0655. The number of sulfone groups is 1. The molecule has 3 aliphatic heterocycles. The second-order valence-electron chi connectivity index (χ2n) is 9.09. The zero-order valence-electron chi connectivity index (χ0n) is 18.6. The van der Waals surface area contributed by atoms with E-state index in [1.54, 1.807) is 4.90 Å². The monoisotopic (exact) mass is 485 g/mol. The van der Waals surface area contributed by atoms with Gasteiger partial charge in [0.2, 0.25) is 5.91 Å². The SMILES string of the molecule is CCCC(=O)NCC1CN(c2cc(F)c(N3CCC(C4CS(=O)(=O)C4)CC3)c(F)c2)C(=O)O1. The molecule has 0 saturated carbocycles. The standard InChI is InChI=1S/C22H29F2N3O5S/c1-2-3-20(28)25-10-17-11-27(22(29)32-17)16-8-18(23)21(19(24)9-16)26-6-4-14(5-7-26)15-12-33(30,31)13-15/h8-9,14-15,17H,2-7,10-13H2,1H3,(H,25,28). The lowest BCUT2D eigenvalue weighted by atomic mass is 9.86. The highest BCUT2D eigenvalue weighted by molar-refractivity contribution is 7.92. The molecule has 1 unspecified atom stereocenters. The Morgan fingerprint density at radius 3 is 2.36 bits per heavy atom. The van der Waals surface area contributed by atoms with E-state index in [9.17, 15) is 26.8 Å². The van der Waals surface area contributed by atoms with Gasteiger partial charge in [-0.2, -0.15) is 0 Å². The summed E-state index contributed by atoms with van der Waals surface area (Å²) in [6.07, 6.45) is 1.13. The van der Waals surface area contributed by atoms with Crippen LogP contribution in [0.2, 0.25) is 0 Å². The Hall–Kier alpha value is -2.43. The molecule has 182 valence electrons. The molecule has 8 nitrogen and oxygen atoms in total. The van der Waals surface area contributed by atoms with E-state index in [0.717, 1.165) is 17.0 Å². The molecule has 3 fully saturated rings. The van der Waals surface area contributed by atoms with E-state index in [2.05, 4.69) is 5.32 Å². The number of amides is 2. The average Bonchev–Trinajstić information content (AvgIpc) is 3.11. The van der Waals surface area contributed by atoms with Crippen molar-refractivity contribution < 1.29 is 31.5 Å². The first-order valence-electron chi connectivity index (χ1n) is 11.4. The molecule has 1 atom stereocenters. The van der Waals surface area contributed by atoms with Gasteiger partial charge in [-0.05, 0) is 31.1 Å². The van der Waals surface area contributed by atoms with Crippen LogP contribution in [0.15, 0.2) is 12.1 Å². The fraction of sp³-hybridized carbons (Fsp3) is 0.636. The Morgan fingerprint density at radius 2 is 1.79 bits per heavy atom. The van der Waals surface area contributed by atoms with E-state index in [1.807, 2.05) is 6.92 Å². The summed E-state index contributed by atoms with van der Waals surface area (Å²) in [5.74, 6) is -0.839. The van der Waals surface area contributed by atoms with E-state index in [1.165, 1.54) is 0 Å². The summed E-state index contributed by atoms with van der Waals surface area (Å²) in [5, 5.41) is 2.69. The fourth-order valence-corrected chi connectivity index (χ4v) is 6.61. The van der Waals surface area contributed by atoms with Crippen molar-refractivity contribution in [3.63, 3.8) is 0 Å². The zero-order valence-corrected chi connectivity index (χ0v) is 19.4. The normalized spacial score (nSPS) is 23.4. The fourth-order valence-electron chi connectivity index (χ4n) is 4.86. The van der Waals surface area contributed by atoms with Crippen LogP contribution in [0.25, 0.3) is 0 Å². The Balaban J connectivity index is 1.37. The Labute approximate surface area is 192 Å². The third kappa shape index (κ3) is 5.23. The first-order valence-corrected chi connectivity index (χ1v) is 13.2. The maximum Gasteiger partial charge on any atom is 0.414 e. The Bertz CT molecular complexity index is 992. The third-order valence-electron chi connectivity index (χ3n) is 6.65. The smallest absolute Gasteiger partial charge is 0.414 e. The van der Waals surface area contributed by atoms with Gasteiger partial charge in [0.15, 0.2) is 21.5 Å². The molecule has 33 heavy (non-hydrogen) atoms. The second-order valence-corrected chi connectivity index (χ2v) is 11.2. The third-order valence-corrected chi connectivity index (χ3v) is 8.52. The number of benzene rings is 1. The topological polar surface area (TPSA) is 96.0 Å². The van der Waals surface area contributed by atoms with Gasteiger partial charge in [0.1, 0.15) is 11.8 Å². The van der Waals surface area contributed by atoms with Crippen LogP contribution in [-0.2, 0) is 19.4 Å². The van der Waals surface area contributed by atoms with Crippen LogP contribution >= 0.6 is 0 Å². The molecule has 11 heteroatoms. The van der Waals surface area contributed by atoms with Crippen molar-refractivity contribution in [2.24, 2.45) is 11.8 Å². The maximum atomic E-state index is 14.9. The maximum absolute atomic E-state index is 14.9. The largest absolute Gasteiger partial charge is 0.442 e. The Kier molecular flexibility index (Phi) is 6.78.